The fourth-order valence-electron chi connectivity index (χ4n) is 5.16. The van der Waals surface area contributed by atoms with E-state index >= 15 is 0 Å². The Bertz CT molecular complexity index is 1650. The summed E-state index contributed by atoms with van der Waals surface area (Å²) in [6, 6.07) is 10.1. The summed E-state index contributed by atoms with van der Waals surface area (Å²) in [5.74, 6) is 0.844. The van der Waals surface area contributed by atoms with Crippen LogP contribution in [-0.2, 0) is 21.5 Å². The summed E-state index contributed by atoms with van der Waals surface area (Å²) >= 11 is 0. The minimum atomic E-state index is -0.853. The van der Waals surface area contributed by atoms with Crippen LogP contribution in [0.5, 0.6) is 0 Å². The Kier molecular flexibility index (Phi) is 6.76. The minimum Gasteiger partial charge on any atom is -0.450 e. The molecule has 2 aliphatic heterocycles. The smallest absolute Gasteiger partial charge is 0.407 e. The number of hydrogen-bond donors (Lipinski definition) is 2. The molecule has 0 aliphatic carbocycles. The molecule has 4 aromatic rings. The second kappa shape index (κ2) is 10.4. The van der Waals surface area contributed by atoms with Gasteiger partial charge in [0.1, 0.15) is 23.1 Å². The van der Waals surface area contributed by atoms with Crippen molar-refractivity contribution >= 4 is 34.7 Å². The molecule has 6 rings (SSSR count). The van der Waals surface area contributed by atoms with Gasteiger partial charge in [-0.15, -0.1) is 0 Å². The zero-order valence-corrected chi connectivity index (χ0v) is 23.1. The summed E-state index contributed by atoms with van der Waals surface area (Å²) in [6.07, 6.45) is 2.98. The molecule has 12 heteroatoms. The first-order valence-electron chi connectivity index (χ1n) is 13.7. The minimum absolute atomic E-state index is 0.114. The fraction of sp³-hybridized carbons (Fsp3) is 0.379. The zero-order valence-electron chi connectivity index (χ0n) is 23.1. The number of alkyl carbamates (subject to hydrolysis) is 1. The molecule has 212 valence electrons. The highest BCUT2D eigenvalue weighted by atomic mass is 19.1. The number of ether oxygens (including phenoxy) is 1. The number of nitrogens with zero attached hydrogens (tertiary/aromatic N) is 6. The van der Waals surface area contributed by atoms with Crippen molar-refractivity contribution in [3.05, 3.63) is 59.5 Å². The second-order valence-corrected chi connectivity index (χ2v) is 10.9. The molecule has 1 aromatic carbocycles. The van der Waals surface area contributed by atoms with E-state index in [0.717, 1.165) is 12.8 Å². The average Bonchev–Trinajstić information content (AvgIpc) is 3.40. The standard InChI is InChI=1S/C29H31FN8O3/c1-4-5-13-41-28(40)32-18-15-37(16-18)26-21-23(35-27(39)29(21,2)3)33-24(34-26)22-19-10-8-12-31-25(19)38(36-22)14-17-9-6-7-11-20(17)30/h6-12,18H,4-5,13-16H2,1-3H3,(H,32,40)(H,33,34,35,39). The molecule has 0 bridgehead atoms. The van der Waals surface area contributed by atoms with Crippen LogP contribution in [0.3, 0.4) is 0 Å². The first-order valence-corrected chi connectivity index (χ1v) is 13.7. The number of anilines is 2. The monoisotopic (exact) mass is 558 g/mol. The largest absolute Gasteiger partial charge is 0.450 e. The van der Waals surface area contributed by atoms with Crippen LogP contribution in [0.1, 0.15) is 44.7 Å². The first-order chi connectivity index (χ1) is 19.8. The van der Waals surface area contributed by atoms with Crippen molar-refractivity contribution in [2.24, 2.45) is 0 Å². The molecular weight excluding hydrogens is 527 g/mol. The predicted octanol–water partition coefficient (Wildman–Crippen LogP) is 4.02. The molecule has 11 nitrogen and oxygen atoms in total. The third kappa shape index (κ3) is 4.83. The van der Waals surface area contributed by atoms with Gasteiger partial charge in [-0.1, -0.05) is 31.5 Å². The Balaban J connectivity index is 1.35. The van der Waals surface area contributed by atoms with Crippen molar-refractivity contribution in [3.63, 3.8) is 0 Å². The van der Waals surface area contributed by atoms with Crippen molar-refractivity contribution in [3.8, 4) is 11.5 Å². The molecule has 1 saturated heterocycles. The molecule has 41 heavy (non-hydrogen) atoms. The van der Waals surface area contributed by atoms with Crippen LogP contribution >= 0.6 is 0 Å². The van der Waals surface area contributed by atoms with Gasteiger partial charge in [0.15, 0.2) is 11.5 Å². The van der Waals surface area contributed by atoms with Gasteiger partial charge in [-0.3, -0.25) is 4.79 Å². The maximum absolute atomic E-state index is 14.5. The number of nitrogens with one attached hydrogen (secondary N) is 2. The summed E-state index contributed by atoms with van der Waals surface area (Å²) < 4.78 is 21.3. The number of benzene rings is 1. The number of carbonyl (C=O) groups is 2. The van der Waals surface area contributed by atoms with Gasteiger partial charge in [0.2, 0.25) is 5.91 Å². The molecule has 0 spiro atoms. The van der Waals surface area contributed by atoms with Crippen LogP contribution < -0.4 is 15.5 Å². The molecule has 2 N–H and O–H groups in total. The van der Waals surface area contributed by atoms with Crippen molar-refractivity contribution in [2.75, 3.05) is 29.9 Å². The van der Waals surface area contributed by atoms with Gasteiger partial charge < -0.3 is 20.3 Å². The van der Waals surface area contributed by atoms with E-state index in [0.29, 0.717) is 65.0 Å². The zero-order chi connectivity index (χ0) is 28.7. The normalized spacial score (nSPS) is 15.9. The van der Waals surface area contributed by atoms with Crippen LogP contribution in [-0.4, -0.2) is 62.5 Å². The third-order valence-corrected chi connectivity index (χ3v) is 7.55. The summed E-state index contributed by atoms with van der Waals surface area (Å²) in [5.41, 5.74) is 1.36. The van der Waals surface area contributed by atoms with Crippen molar-refractivity contribution in [1.82, 2.24) is 30.0 Å². The molecule has 2 aliphatic rings. The molecule has 1 fully saturated rings. The molecule has 5 heterocycles. The number of unbranched alkanes of at least 4 members (excludes halogenated alkanes) is 1. The van der Waals surface area contributed by atoms with Crippen LogP contribution in [0.15, 0.2) is 42.6 Å². The maximum Gasteiger partial charge on any atom is 0.407 e. The van der Waals surface area contributed by atoms with Gasteiger partial charge in [-0.05, 0) is 38.5 Å². The van der Waals surface area contributed by atoms with Gasteiger partial charge in [-0.2, -0.15) is 5.10 Å². The van der Waals surface area contributed by atoms with Gasteiger partial charge in [0.25, 0.3) is 0 Å². The molecule has 0 unspecified atom stereocenters. The Morgan fingerprint density at radius 1 is 1.20 bits per heavy atom. The predicted molar refractivity (Wildman–Crippen MR) is 151 cm³/mol. The van der Waals surface area contributed by atoms with E-state index in [1.807, 2.05) is 31.7 Å². The van der Waals surface area contributed by atoms with Crippen LogP contribution in [0.4, 0.5) is 20.8 Å². The van der Waals surface area contributed by atoms with Gasteiger partial charge >= 0.3 is 6.09 Å². The number of aromatic nitrogens is 5. The molecular formula is C29H31FN8O3. The van der Waals surface area contributed by atoms with E-state index in [1.165, 1.54) is 6.07 Å². The summed E-state index contributed by atoms with van der Waals surface area (Å²) in [7, 11) is 0. The van der Waals surface area contributed by atoms with Crippen LogP contribution in [0, 0.1) is 5.82 Å². The Labute approximate surface area is 236 Å². The quantitative estimate of drug-likeness (QED) is 0.311. The topological polar surface area (TPSA) is 127 Å². The molecule has 0 saturated carbocycles. The van der Waals surface area contributed by atoms with Crippen molar-refractivity contribution in [1.29, 1.82) is 0 Å². The maximum atomic E-state index is 14.5. The molecule has 0 atom stereocenters. The highest BCUT2D eigenvalue weighted by Gasteiger charge is 2.45. The van der Waals surface area contributed by atoms with Gasteiger partial charge in [0.05, 0.1) is 35.6 Å². The lowest BCUT2D eigenvalue weighted by molar-refractivity contribution is -0.119. The van der Waals surface area contributed by atoms with E-state index in [-0.39, 0.29) is 24.3 Å². The Morgan fingerprint density at radius 3 is 2.78 bits per heavy atom. The van der Waals surface area contributed by atoms with E-state index in [1.54, 1.807) is 35.1 Å². The van der Waals surface area contributed by atoms with Crippen molar-refractivity contribution < 1.29 is 18.7 Å². The number of halogens is 1. The van der Waals surface area contributed by atoms with Crippen LogP contribution in [0.25, 0.3) is 22.6 Å². The number of amides is 2. The Hall–Kier alpha value is -4.61. The lowest BCUT2D eigenvalue weighted by atomic mass is 9.86. The average molecular weight is 559 g/mol. The number of pyridine rings is 1. The highest BCUT2D eigenvalue weighted by Crippen LogP contribution is 2.44. The molecule has 3 aromatic heterocycles. The Morgan fingerprint density at radius 2 is 2.00 bits per heavy atom. The fourth-order valence-corrected chi connectivity index (χ4v) is 5.16. The van der Waals surface area contributed by atoms with E-state index in [2.05, 4.69) is 15.6 Å². The lowest BCUT2D eigenvalue weighted by Gasteiger charge is -2.41. The number of fused-ring (bicyclic) bond motifs is 2. The van der Waals surface area contributed by atoms with Gasteiger partial charge in [0, 0.05) is 24.8 Å². The third-order valence-electron chi connectivity index (χ3n) is 7.55. The summed E-state index contributed by atoms with van der Waals surface area (Å²) in [4.78, 5) is 41.3. The summed E-state index contributed by atoms with van der Waals surface area (Å²) in [6.45, 7) is 7.27. The highest BCUT2D eigenvalue weighted by molar-refractivity contribution is 6.06. The number of carbonyl (C=O) groups excluding carboxylic acids is 2. The van der Waals surface area contributed by atoms with Crippen LogP contribution in [0.2, 0.25) is 0 Å². The van der Waals surface area contributed by atoms with E-state index < -0.39 is 11.5 Å². The second-order valence-electron chi connectivity index (χ2n) is 10.9. The first kappa shape index (κ1) is 26.6. The molecule has 2 amide bonds. The van der Waals surface area contributed by atoms with E-state index in [9.17, 15) is 14.0 Å². The molecule has 0 radical (unpaired) electrons. The lowest BCUT2D eigenvalue weighted by Crippen LogP contribution is -2.60. The summed E-state index contributed by atoms with van der Waals surface area (Å²) in [5, 5.41) is 11.3. The van der Waals surface area contributed by atoms with E-state index in [4.69, 9.17) is 19.8 Å². The SMILES string of the molecule is CCCCOC(=O)NC1CN(c2nc(-c3nn(Cc4ccccc4F)c4ncccc34)nc3c2C(C)(C)C(=O)N3)C1. The van der Waals surface area contributed by atoms with Gasteiger partial charge in [-0.25, -0.2) is 28.8 Å². The van der Waals surface area contributed by atoms with Crippen molar-refractivity contribution in [2.45, 2.75) is 51.6 Å². The number of hydrogen-bond acceptors (Lipinski definition) is 8. The number of rotatable bonds is 8.